The third kappa shape index (κ3) is 3.92. The lowest BCUT2D eigenvalue weighted by Crippen LogP contribution is -2.49. The minimum Gasteiger partial charge on any atom is -0.480 e. The van der Waals surface area contributed by atoms with E-state index in [0.29, 0.717) is 26.2 Å². The van der Waals surface area contributed by atoms with Crippen LogP contribution in [-0.2, 0) is 9.53 Å². The van der Waals surface area contributed by atoms with Gasteiger partial charge in [-0.3, -0.25) is 14.5 Å². The first-order chi connectivity index (χ1) is 11.5. The Morgan fingerprint density at radius 1 is 1.42 bits per heavy atom. The van der Waals surface area contributed by atoms with Gasteiger partial charge in [-0.1, -0.05) is 18.2 Å². The van der Waals surface area contributed by atoms with Crippen LogP contribution in [0.5, 0.6) is 0 Å². The fraction of sp³-hybridized carbons (Fsp3) is 0.412. The molecule has 1 aliphatic heterocycles. The highest BCUT2D eigenvalue weighted by Gasteiger charge is 2.27. The number of fused-ring (bicyclic) bond motifs is 1. The van der Waals surface area contributed by atoms with E-state index >= 15 is 0 Å². The van der Waals surface area contributed by atoms with Crippen molar-refractivity contribution in [2.45, 2.75) is 6.10 Å². The summed E-state index contributed by atoms with van der Waals surface area (Å²) in [7, 11) is 1.74. The number of carbonyl (C=O) groups is 2. The van der Waals surface area contributed by atoms with Crippen molar-refractivity contribution in [3.05, 3.63) is 35.2 Å². The van der Waals surface area contributed by atoms with Crippen LogP contribution in [0.4, 0.5) is 0 Å². The molecule has 0 unspecified atom stereocenters. The second kappa shape index (κ2) is 7.29. The molecule has 1 atom stereocenters. The highest BCUT2D eigenvalue weighted by molar-refractivity contribution is 7.20. The lowest BCUT2D eigenvalue weighted by Gasteiger charge is -2.34. The molecule has 128 valence electrons. The minimum atomic E-state index is -0.869. The first-order valence-electron chi connectivity index (χ1n) is 7.82. The Morgan fingerprint density at radius 2 is 2.21 bits per heavy atom. The Morgan fingerprint density at radius 3 is 2.96 bits per heavy atom. The molecule has 1 fully saturated rings. The molecule has 1 aromatic heterocycles. The summed E-state index contributed by atoms with van der Waals surface area (Å²) in [4.78, 5) is 27.7. The number of morpholine rings is 1. The normalized spacial score (nSPS) is 18.2. The van der Waals surface area contributed by atoms with E-state index in [0.717, 1.165) is 15.0 Å². The second-order valence-electron chi connectivity index (χ2n) is 5.98. The molecule has 2 aromatic rings. The van der Waals surface area contributed by atoms with Crippen LogP contribution < -0.4 is 0 Å². The van der Waals surface area contributed by atoms with Gasteiger partial charge in [-0.15, -0.1) is 11.3 Å². The number of carboxylic acid groups (broad SMARTS) is 1. The standard InChI is InChI=1S/C17H20N2O4S/c1-18(11-16(20)21)9-13-10-19(6-7-23-13)17(22)15-8-12-4-2-3-5-14(12)24-15/h2-5,8,13H,6-7,9-11H2,1H3,(H,20,21)/t13-/m1/s1. The van der Waals surface area contributed by atoms with Gasteiger partial charge in [-0.2, -0.15) is 0 Å². The van der Waals surface area contributed by atoms with Crippen LogP contribution >= 0.6 is 11.3 Å². The number of aliphatic carboxylic acids is 1. The summed E-state index contributed by atoms with van der Waals surface area (Å²) in [5.41, 5.74) is 0. The highest BCUT2D eigenvalue weighted by Crippen LogP contribution is 2.26. The Bertz CT molecular complexity index is 712. The van der Waals surface area contributed by atoms with Crippen molar-refractivity contribution >= 4 is 33.3 Å². The van der Waals surface area contributed by atoms with E-state index in [9.17, 15) is 9.59 Å². The van der Waals surface area contributed by atoms with Gasteiger partial charge in [0.05, 0.1) is 24.1 Å². The third-order valence-corrected chi connectivity index (χ3v) is 5.09. The number of hydrogen-bond donors (Lipinski definition) is 1. The maximum Gasteiger partial charge on any atom is 0.317 e. The van der Waals surface area contributed by atoms with E-state index < -0.39 is 5.97 Å². The van der Waals surface area contributed by atoms with E-state index in [1.165, 1.54) is 11.3 Å². The lowest BCUT2D eigenvalue weighted by molar-refractivity contribution is -0.138. The number of thiophene rings is 1. The van der Waals surface area contributed by atoms with Crippen molar-refractivity contribution in [3.63, 3.8) is 0 Å². The minimum absolute atomic E-state index is 0.0189. The van der Waals surface area contributed by atoms with Crippen LogP contribution in [-0.4, -0.2) is 72.7 Å². The van der Waals surface area contributed by atoms with Crippen LogP contribution in [0.2, 0.25) is 0 Å². The van der Waals surface area contributed by atoms with E-state index in [1.54, 1.807) is 16.8 Å². The molecule has 1 aliphatic rings. The molecule has 0 radical (unpaired) electrons. The summed E-state index contributed by atoms with van der Waals surface area (Å²) in [6, 6.07) is 9.89. The summed E-state index contributed by atoms with van der Waals surface area (Å²) in [6.45, 7) is 1.97. The van der Waals surface area contributed by atoms with E-state index in [1.807, 2.05) is 30.3 Å². The van der Waals surface area contributed by atoms with Crippen molar-refractivity contribution in [2.75, 3.05) is 39.8 Å². The lowest BCUT2D eigenvalue weighted by atomic mass is 10.2. The smallest absolute Gasteiger partial charge is 0.317 e. The van der Waals surface area contributed by atoms with Crippen LogP contribution in [0.25, 0.3) is 10.1 Å². The fourth-order valence-corrected chi connectivity index (χ4v) is 3.93. The molecule has 2 heterocycles. The molecule has 24 heavy (non-hydrogen) atoms. The van der Waals surface area contributed by atoms with Gasteiger partial charge in [0.25, 0.3) is 5.91 Å². The van der Waals surface area contributed by atoms with Gasteiger partial charge in [-0.05, 0) is 24.6 Å². The van der Waals surface area contributed by atoms with Gasteiger partial charge < -0.3 is 14.7 Å². The van der Waals surface area contributed by atoms with Gasteiger partial charge in [0.2, 0.25) is 0 Å². The summed E-state index contributed by atoms with van der Waals surface area (Å²) in [5.74, 6) is -0.850. The topological polar surface area (TPSA) is 70.1 Å². The molecule has 0 aliphatic carbocycles. The predicted octanol–water partition coefficient (Wildman–Crippen LogP) is 1.76. The SMILES string of the molecule is CN(CC(=O)O)C[C@@H]1CN(C(=O)c2cc3ccccc3s2)CCO1. The Hall–Kier alpha value is -1.96. The maximum absolute atomic E-state index is 12.8. The molecular formula is C17H20N2O4S. The largest absolute Gasteiger partial charge is 0.480 e. The number of ether oxygens (including phenoxy) is 1. The molecule has 1 saturated heterocycles. The van der Waals surface area contributed by atoms with Gasteiger partial charge in [0.1, 0.15) is 0 Å². The van der Waals surface area contributed by atoms with Crippen LogP contribution in [0, 0.1) is 0 Å². The molecule has 7 heteroatoms. The van der Waals surface area contributed by atoms with Gasteiger partial charge in [-0.25, -0.2) is 0 Å². The monoisotopic (exact) mass is 348 g/mol. The number of carbonyl (C=O) groups excluding carboxylic acids is 1. The molecule has 1 aromatic carbocycles. The Kier molecular flexibility index (Phi) is 5.13. The fourth-order valence-electron chi connectivity index (χ4n) is 2.90. The first kappa shape index (κ1) is 16.9. The number of nitrogens with zero attached hydrogens (tertiary/aromatic N) is 2. The van der Waals surface area contributed by atoms with E-state index in [2.05, 4.69) is 0 Å². The van der Waals surface area contributed by atoms with Crippen molar-refractivity contribution in [3.8, 4) is 0 Å². The Labute approximate surface area is 144 Å². The highest BCUT2D eigenvalue weighted by atomic mass is 32.1. The van der Waals surface area contributed by atoms with Gasteiger partial charge in [0, 0.05) is 24.3 Å². The molecular weight excluding hydrogens is 328 g/mol. The summed E-state index contributed by atoms with van der Waals surface area (Å²) in [5, 5.41) is 9.91. The number of likely N-dealkylation sites (N-methyl/N-ethyl adjacent to an activating group) is 1. The zero-order valence-electron chi connectivity index (χ0n) is 13.5. The predicted molar refractivity (Wildman–Crippen MR) is 92.6 cm³/mol. The number of rotatable bonds is 5. The Balaban J connectivity index is 1.65. The van der Waals surface area contributed by atoms with Gasteiger partial charge >= 0.3 is 5.97 Å². The zero-order valence-corrected chi connectivity index (χ0v) is 14.3. The molecule has 1 amide bonds. The quantitative estimate of drug-likeness (QED) is 0.892. The average molecular weight is 348 g/mol. The molecule has 6 nitrogen and oxygen atoms in total. The van der Waals surface area contributed by atoms with Crippen molar-refractivity contribution in [1.82, 2.24) is 9.80 Å². The molecule has 0 spiro atoms. The summed E-state index contributed by atoms with van der Waals surface area (Å²) < 4.78 is 6.78. The van der Waals surface area contributed by atoms with E-state index in [4.69, 9.17) is 9.84 Å². The summed E-state index contributed by atoms with van der Waals surface area (Å²) >= 11 is 1.50. The second-order valence-corrected chi connectivity index (χ2v) is 7.07. The average Bonchev–Trinajstić information content (AvgIpc) is 2.97. The van der Waals surface area contributed by atoms with Crippen LogP contribution in [0.15, 0.2) is 30.3 Å². The third-order valence-electron chi connectivity index (χ3n) is 3.98. The van der Waals surface area contributed by atoms with Crippen molar-refractivity contribution < 1.29 is 19.4 Å². The van der Waals surface area contributed by atoms with Crippen LogP contribution in [0.1, 0.15) is 9.67 Å². The molecule has 0 bridgehead atoms. The number of amides is 1. The maximum atomic E-state index is 12.8. The number of carboxylic acids is 1. The van der Waals surface area contributed by atoms with E-state index in [-0.39, 0.29) is 18.6 Å². The molecule has 1 N–H and O–H groups in total. The molecule has 3 rings (SSSR count). The zero-order chi connectivity index (χ0) is 17.1. The number of hydrogen-bond acceptors (Lipinski definition) is 5. The van der Waals surface area contributed by atoms with Crippen LogP contribution in [0.3, 0.4) is 0 Å². The first-order valence-corrected chi connectivity index (χ1v) is 8.64. The summed E-state index contributed by atoms with van der Waals surface area (Å²) in [6.07, 6.45) is -0.165. The molecule has 0 saturated carbocycles. The van der Waals surface area contributed by atoms with Crippen molar-refractivity contribution in [2.24, 2.45) is 0 Å². The van der Waals surface area contributed by atoms with Crippen molar-refractivity contribution in [1.29, 1.82) is 0 Å². The number of benzene rings is 1. The van der Waals surface area contributed by atoms with Gasteiger partial charge in [0.15, 0.2) is 0 Å².